The van der Waals surface area contributed by atoms with Gasteiger partial charge in [-0.05, 0) is 55.3 Å². The summed E-state index contributed by atoms with van der Waals surface area (Å²) >= 11 is 0. The van der Waals surface area contributed by atoms with Crippen LogP contribution in [0.25, 0.3) is 0 Å². The van der Waals surface area contributed by atoms with Crippen LogP contribution in [0.5, 0.6) is 0 Å². The first-order valence-electron chi connectivity index (χ1n) is 9.42. The lowest BCUT2D eigenvalue weighted by Crippen LogP contribution is -2.58. The molecule has 0 amide bonds. The Morgan fingerprint density at radius 3 is 2.67 bits per heavy atom. The summed E-state index contributed by atoms with van der Waals surface area (Å²) in [6.07, 6.45) is 8.33. The molecule has 0 radical (unpaired) electrons. The van der Waals surface area contributed by atoms with E-state index in [-0.39, 0.29) is 12.2 Å². The smallest absolute Gasteiger partial charge is 0.316 e. The number of aliphatic carboxylic acids is 1. The normalized spacial score (nSPS) is 50.5. The molecule has 132 valence electrons. The molecule has 4 heteroatoms. The third-order valence-electron chi connectivity index (χ3n) is 8.22. The van der Waals surface area contributed by atoms with Crippen LogP contribution in [-0.2, 0) is 9.59 Å². The van der Waals surface area contributed by atoms with E-state index in [2.05, 4.69) is 13.0 Å². The summed E-state index contributed by atoms with van der Waals surface area (Å²) in [5.74, 6) is -1.26. The van der Waals surface area contributed by atoms with Crippen molar-refractivity contribution in [2.45, 2.75) is 64.9 Å². The van der Waals surface area contributed by atoms with Crippen LogP contribution in [-0.4, -0.2) is 28.1 Å². The molecule has 3 saturated carbocycles. The molecule has 0 saturated heterocycles. The molecule has 0 aromatic carbocycles. The Bertz CT molecular complexity index is 623. The van der Waals surface area contributed by atoms with Gasteiger partial charge in [0.05, 0.1) is 6.10 Å². The van der Waals surface area contributed by atoms with Crippen molar-refractivity contribution in [2.24, 2.45) is 34.5 Å². The molecule has 4 rings (SSSR count). The van der Waals surface area contributed by atoms with Gasteiger partial charge in [-0.2, -0.15) is 0 Å². The maximum absolute atomic E-state index is 12.3. The Morgan fingerprint density at radius 2 is 1.96 bits per heavy atom. The molecule has 2 N–H and O–H groups in total. The Balaban J connectivity index is 1.75. The summed E-state index contributed by atoms with van der Waals surface area (Å²) in [7, 11) is 0. The van der Waals surface area contributed by atoms with E-state index < -0.39 is 23.4 Å². The van der Waals surface area contributed by atoms with E-state index in [0.717, 1.165) is 18.4 Å². The first-order valence-corrected chi connectivity index (χ1v) is 9.42. The van der Waals surface area contributed by atoms with Crippen LogP contribution >= 0.6 is 0 Å². The Kier molecular flexibility index (Phi) is 3.51. The van der Waals surface area contributed by atoms with E-state index in [9.17, 15) is 19.8 Å². The third kappa shape index (κ3) is 1.95. The molecule has 0 aromatic heterocycles. The van der Waals surface area contributed by atoms with E-state index in [1.807, 2.05) is 6.92 Å². The highest BCUT2D eigenvalue weighted by Gasteiger charge is 2.61. The number of carboxylic acids is 1. The van der Waals surface area contributed by atoms with Crippen molar-refractivity contribution in [3.63, 3.8) is 0 Å². The van der Waals surface area contributed by atoms with Gasteiger partial charge in [-0.25, -0.2) is 0 Å². The summed E-state index contributed by atoms with van der Waals surface area (Å²) in [5.41, 5.74) is 0.870. The molecular weight excluding hydrogens is 304 g/mol. The molecule has 4 nitrogen and oxygen atoms in total. The van der Waals surface area contributed by atoms with Gasteiger partial charge in [-0.1, -0.05) is 31.9 Å². The van der Waals surface area contributed by atoms with Gasteiger partial charge < -0.3 is 10.2 Å². The second-order valence-electron chi connectivity index (χ2n) is 9.11. The van der Waals surface area contributed by atoms with E-state index >= 15 is 0 Å². The Hall–Kier alpha value is -1.16. The standard InChI is InChI=1S/C20H28O4/c1-19-8-3-4-13(19)12-6-5-11-10-15(21)16(18(23)24)17(22)20(11,2)14(12)7-9-19/h5,12-14,16-17,22H,3-4,6-10H2,1-2H3,(H,23,24)/t12-,13-,14+,16?,17?,19-,20-/m0/s1. The zero-order chi connectivity index (χ0) is 17.3. The lowest BCUT2D eigenvalue weighted by Gasteiger charge is -2.58. The van der Waals surface area contributed by atoms with Gasteiger partial charge in [0.15, 0.2) is 5.78 Å². The van der Waals surface area contributed by atoms with Gasteiger partial charge in [0.1, 0.15) is 5.92 Å². The zero-order valence-corrected chi connectivity index (χ0v) is 14.6. The van der Waals surface area contributed by atoms with Crippen molar-refractivity contribution < 1.29 is 19.8 Å². The third-order valence-corrected chi connectivity index (χ3v) is 8.22. The lowest BCUT2D eigenvalue weighted by atomic mass is 9.46. The molecule has 0 heterocycles. The number of allylic oxidation sites excluding steroid dienone is 1. The van der Waals surface area contributed by atoms with Crippen molar-refractivity contribution in [3.8, 4) is 0 Å². The molecule has 0 aliphatic heterocycles. The number of aliphatic hydroxyl groups excluding tert-OH is 1. The molecule has 3 fully saturated rings. The van der Waals surface area contributed by atoms with Crippen LogP contribution in [0.4, 0.5) is 0 Å². The van der Waals surface area contributed by atoms with Crippen LogP contribution in [0.3, 0.4) is 0 Å². The molecule has 4 aliphatic rings. The molecule has 7 atom stereocenters. The fourth-order valence-electron chi connectivity index (χ4n) is 6.85. The maximum Gasteiger partial charge on any atom is 0.316 e. The van der Waals surface area contributed by atoms with E-state index in [0.29, 0.717) is 23.2 Å². The van der Waals surface area contributed by atoms with Crippen LogP contribution in [0.2, 0.25) is 0 Å². The number of carboxylic acid groups (broad SMARTS) is 1. The molecular formula is C20H28O4. The second kappa shape index (κ2) is 5.17. The number of rotatable bonds is 1. The number of aliphatic hydroxyl groups is 1. The second-order valence-corrected chi connectivity index (χ2v) is 9.11. The van der Waals surface area contributed by atoms with Crippen molar-refractivity contribution in [1.29, 1.82) is 0 Å². The quantitative estimate of drug-likeness (QED) is 0.571. The van der Waals surface area contributed by atoms with Crippen LogP contribution in [0.1, 0.15) is 58.8 Å². The van der Waals surface area contributed by atoms with Gasteiger partial charge in [0.25, 0.3) is 0 Å². The van der Waals surface area contributed by atoms with Gasteiger partial charge in [0, 0.05) is 11.8 Å². The fourth-order valence-corrected chi connectivity index (χ4v) is 6.85. The largest absolute Gasteiger partial charge is 0.481 e. The minimum Gasteiger partial charge on any atom is -0.481 e. The highest BCUT2D eigenvalue weighted by molar-refractivity contribution is 6.01. The predicted molar refractivity (Wildman–Crippen MR) is 89.2 cm³/mol. The number of carbonyl (C=O) groups is 2. The van der Waals surface area contributed by atoms with E-state index in [1.54, 1.807) is 0 Å². The van der Waals surface area contributed by atoms with Crippen LogP contribution in [0, 0.1) is 34.5 Å². The number of hydrogen-bond donors (Lipinski definition) is 2. The summed E-state index contributed by atoms with van der Waals surface area (Å²) in [4.78, 5) is 23.8. The number of ketones is 1. The molecule has 0 bridgehead atoms. The van der Waals surface area contributed by atoms with Crippen LogP contribution < -0.4 is 0 Å². The minimum atomic E-state index is -1.26. The number of Topliss-reactive ketones (excluding diaryl/α,β-unsaturated/α-hetero) is 1. The summed E-state index contributed by atoms with van der Waals surface area (Å²) in [5, 5.41) is 20.4. The molecule has 2 unspecified atom stereocenters. The summed E-state index contributed by atoms with van der Waals surface area (Å²) < 4.78 is 0. The zero-order valence-electron chi connectivity index (χ0n) is 14.6. The molecule has 0 aromatic rings. The van der Waals surface area contributed by atoms with E-state index in [4.69, 9.17) is 0 Å². The molecule has 4 aliphatic carbocycles. The van der Waals surface area contributed by atoms with Gasteiger partial charge in [-0.3, -0.25) is 9.59 Å². The van der Waals surface area contributed by atoms with Gasteiger partial charge >= 0.3 is 5.97 Å². The SMILES string of the molecule is C[C@@]12CCC[C@H]1[C@@H]1CC=C3CC(=O)C(C(=O)O)C(O)[C@]3(C)[C@@H]1CC2. The highest BCUT2D eigenvalue weighted by atomic mass is 16.4. The van der Waals surface area contributed by atoms with Gasteiger partial charge in [0.2, 0.25) is 0 Å². The van der Waals surface area contributed by atoms with Crippen molar-refractivity contribution in [2.75, 3.05) is 0 Å². The minimum absolute atomic E-state index is 0.204. The monoisotopic (exact) mass is 332 g/mol. The molecule has 0 spiro atoms. The molecule has 24 heavy (non-hydrogen) atoms. The topological polar surface area (TPSA) is 74.6 Å². The van der Waals surface area contributed by atoms with Crippen molar-refractivity contribution in [3.05, 3.63) is 11.6 Å². The first kappa shape index (κ1) is 16.3. The number of fused-ring (bicyclic) bond motifs is 5. The van der Waals surface area contributed by atoms with Crippen LogP contribution in [0.15, 0.2) is 11.6 Å². The number of hydrogen-bond acceptors (Lipinski definition) is 3. The predicted octanol–water partition coefficient (Wildman–Crippen LogP) is 3.19. The highest BCUT2D eigenvalue weighted by Crippen LogP contribution is 2.64. The van der Waals surface area contributed by atoms with E-state index in [1.165, 1.54) is 25.7 Å². The lowest BCUT2D eigenvalue weighted by molar-refractivity contribution is -0.163. The van der Waals surface area contributed by atoms with Crippen molar-refractivity contribution >= 4 is 11.8 Å². The summed E-state index contributed by atoms with van der Waals surface area (Å²) in [6, 6.07) is 0. The maximum atomic E-state index is 12.3. The first-order chi connectivity index (χ1) is 11.3. The average molecular weight is 332 g/mol. The Labute approximate surface area is 143 Å². The van der Waals surface area contributed by atoms with Crippen molar-refractivity contribution in [1.82, 2.24) is 0 Å². The summed E-state index contributed by atoms with van der Waals surface area (Å²) in [6.45, 7) is 4.45. The average Bonchev–Trinajstić information content (AvgIpc) is 2.90. The number of carbonyl (C=O) groups excluding carboxylic acids is 1. The van der Waals surface area contributed by atoms with Gasteiger partial charge in [-0.15, -0.1) is 0 Å². The Morgan fingerprint density at radius 1 is 1.21 bits per heavy atom. The fraction of sp³-hybridized carbons (Fsp3) is 0.800.